The van der Waals surface area contributed by atoms with E-state index in [1.165, 1.54) is 12.8 Å². The highest BCUT2D eigenvalue weighted by atomic mass is 35.5. The Bertz CT molecular complexity index is 442. The molecule has 0 amide bonds. The van der Waals surface area contributed by atoms with Crippen molar-refractivity contribution in [2.45, 2.75) is 25.3 Å². The number of piperazine rings is 1. The van der Waals surface area contributed by atoms with Crippen molar-refractivity contribution in [3.8, 4) is 5.75 Å². The summed E-state index contributed by atoms with van der Waals surface area (Å²) in [5, 5.41) is 14.1. The number of halogens is 1. The Balaban J connectivity index is 1.86. The van der Waals surface area contributed by atoms with Crippen molar-refractivity contribution in [1.82, 2.24) is 10.2 Å². The van der Waals surface area contributed by atoms with Crippen LogP contribution in [0.4, 0.5) is 0 Å². The lowest BCUT2D eigenvalue weighted by atomic mass is 9.97. The zero-order valence-electron chi connectivity index (χ0n) is 11.1. The summed E-state index contributed by atoms with van der Waals surface area (Å²) < 4.78 is 0. The lowest BCUT2D eigenvalue weighted by molar-refractivity contribution is 0.158. The third kappa shape index (κ3) is 3.04. The number of nitrogens with zero attached hydrogens (tertiary/aromatic N) is 1. The Morgan fingerprint density at radius 1 is 1.32 bits per heavy atom. The summed E-state index contributed by atoms with van der Waals surface area (Å²) in [6.07, 6.45) is 3.82. The molecule has 3 rings (SSSR count). The van der Waals surface area contributed by atoms with Gasteiger partial charge in [0.25, 0.3) is 0 Å². The quantitative estimate of drug-likeness (QED) is 0.890. The van der Waals surface area contributed by atoms with Crippen LogP contribution in [-0.2, 0) is 0 Å². The van der Waals surface area contributed by atoms with E-state index in [1.54, 1.807) is 6.07 Å². The molecule has 1 aliphatic heterocycles. The van der Waals surface area contributed by atoms with E-state index in [9.17, 15) is 5.11 Å². The predicted octanol–water partition coefficient (Wildman–Crippen LogP) is 2.79. The predicted molar refractivity (Wildman–Crippen MR) is 77.6 cm³/mol. The van der Waals surface area contributed by atoms with Crippen LogP contribution in [0.3, 0.4) is 0 Å². The molecule has 1 saturated heterocycles. The Kier molecular flexibility index (Phi) is 3.96. The lowest BCUT2D eigenvalue weighted by Crippen LogP contribution is -2.45. The molecule has 1 aromatic carbocycles. The maximum atomic E-state index is 10.3. The van der Waals surface area contributed by atoms with E-state index in [1.807, 2.05) is 12.1 Å². The molecule has 19 heavy (non-hydrogen) atoms. The van der Waals surface area contributed by atoms with Gasteiger partial charge in [0.1, 0.15) is 5.75 Å². The fourth-order valence-corrected chi connectivity index (χ4v) is 3.12. The first-order valence-electron chi connectivity index (χ1n) is 7.18. The summed E-state index contributed by atoms with van der Waals surface area (Å²) in [7, 11) is 0. The van der Waals surface area contributed by atoms with Crippen molar-refractivity contribution in [3.63, 3.8) is 0 Å². The number of rotatable bonds is 4. The minimum Gasteiger partial charge on any atom is -0.506 e. The third-order valence-corrected chi connectivity index (χ3v) is 4.53. The van der Waals surface area contributed by atoms with Crippen LogP contribution in [0.5, 0.6) is 5.75 Å². The van der Waals surface area contributed by atoms with Gasteiger partial charge in [0, 0.05) is 37.8 Å². The summed E-state index contributed by atoms with van der Waals surface area (Å²) in [5.41, 5.74) is 1.00. The van der Waals surface area contributed by atoms with Crippen LogP contribution in [0.1, 0.15) is 30.9 Å². The average Bonchev–Trinajstić information content (AvgIpc) is 3.25. The molecule has 2 fully saturated rings. The summed E-state index contributed by atoms with van der Waals surface area (Å²) in [5.74, 6) is 1.10. The molecule has 3 nitrogen and oxygen atoms in total. The highest BCUT2D eigenvalue weighted by Crippen LogP contribution is 2.43. The summed E-state index contributed by atoms with van der Waals surface area (Å²) in [6.45, 7) is 4.15. The van der Waals surface area contributed by atoms with Gasteiger partial charge in [-0.05, 0) is 18.4 Å². The van der Waals surface area contributed by atoms with Crippen LogP contribution >= 0.6 is 11.6 Å². The topological polar surface area (TPSA) is 35.5 Å². The van der Waals surface area contributed by atoms with Crippen molar-refractivity contribution in [3.05, 3.63) is 28.8 Å². The van der Waals surface area contributed by atoms with Gasteiger partial charge in [-0.2, -0.15) is 0 Å². The van der Waals surface area contributed by atoms with E-state index in [4.69, 9.17) is 11.6 Å². The molecule has 1 saturated carbocycles. The molecule has 0 radical (unpaired) electrons. The van der Waals surface area contributed by atoms with Crippen LogP contribution in [0.2, 0.25) is 5.02 Å². The molecule has 1 atom stereocenters. The number of nitrogens with one attached hydrogen (secondary N) is 1. The summed E-state index contributed by atoms with van der Waals surface area (Å²) in [6, 6.07) is 6.04. The number of hydrogen-bond acceptors (Lipinski definition) is 3. The Labute approximate surface area is 119 Å². The van der Waals surface area contributed by atoms with E-state index < -0.39 is 0 Å². The molecule has 0 unspecified atom stereocenters. The number of aromatic hydroxyl groups is 1. The smallest absolute Gasteiger partial charge is 0.138 e. The second-order valence-corrected chi connectivity index (χ2v) is 6.07. The second kappa shape index (κ2) is 5.70. The number of benzene rings is 1. The molecule has 2 N–H and O–H groups in total. The van der Waals surface area contributed by atoms with E-state index in [0.717, 1.165) is 44.1 Å². The van der Waals surface area contributed by atoms with Crippen molar-refractivity contribution in [2.75, 3.05) is 26.2 Å². The first kappa shape index (κ1) is 13.2. The minimum atomic E-state index is 0.272. The van der Waals surface area contributed by atoms with E-state index in [-0.39, 0.29) is 5.75 Å². The second-order valence-electron chi connectivity index (χ2n) is 5.66. The average molecular weight is 281 g/mol. The molecular weight excluding hydrogens is 260 g/mol. The van der Waals surface area contributed by atoms with Crippen LogP contribution in [0, 0.1) is 5.92 Å². The lowest BCUT2D eigenvalue weighted by Gasteiger charge is -2.35. The largest absolute Gasteiger partial charge is 0.506 e. The van der Waals surface area contributed by atoms with Gasteiger partial charge < -0.3 is 10.4 Å². The molecule has 104 valence electrons. The maximum Gasteiger partial charge on any atom is 0.138 e. The van der Waals surface area contributed by atoms with Crippen LogP contribution < -0.4 is 5.32 Å². The highest BCUT2D eigenvalue weighted by Gasteiger charge is 2.31. The molecule has 0 bridgehead atoms. The Hall–Kier alpha value is -0.770. The Morgan fingerprint density at radius 2 is 2.05 bits per heavy atom. The molecule has 2 aliphatic rings. The number of phenolic OH excluding ortho intramolecular Hbond substituents is 1. The maximum absolute atomic E-state index is 10.3. The van der Waals surface area contributed by atoms with Gasteiger partial charge in [0.15, 0.2) is 0 Å². The normalized spacial score (nSPS) is 22.4. The van der Waals surface area contributed by atoms with Gasteiger partial charge in [-0.25, -0.2) is 0 Å². The van der Waals surface area contributed by atoms with Gasteiger partial charge in [0.2, 0.25) is 0 Å². The summed E-state index contributed by atoms with van der Waals surface area (Å²) in [4.78, 5) is 2.49. The molecule has 4 heteroatoms. The standard InChI is InChI=1S/C15H21ClN2O/c16-13-3-1-2-12(15(13)19)14(10-11-4-5-11)18-8-6-17-7-9-18/h1-3,11,14,17,19H,4-10H2/t14-/m1/s1. The zero-order chi connectivity index (χ0) is 13.2. The first-order valence-corrected chi connectivity index (χ1v) is 7.55. The Morgan fingerprint density at radius 3 is 2.74 bits per heavy atom. The highest BCUT2D eigenvalue weighted by molar-refractivity contribution is 6.32. The van der Waals surface area contributed by atoms with Crippen molar-refractivity contribution in [1.29, 1.82) is 0 Å². The van der Waals surface area contributed by atoms with Crippen LogP contribution in [0.25, 0.3) is 0 Å². The van der Waals surface area contributed by atoms with Gasteiger partial charge in [-0.1, -0.05) is 36.6 Å². The zero-order valence-corrected chi connectivity index (χ0v) is 11.9. The molecule has 1 heterocycles. The first-order chi connectivity index (χ1) is 9.25. The molecule has 1 aliphatic carbocycles. The molecule has 0 spiro atoms. The van der Waals surface area contributed by atoms with Crippen molar-refractivity contribution >= 4 is 11.6 Å². The van der Waals surface area contributed by atoms with E-state index in [0.29, 0.717) is 11.1 Å². The van der Waals surface area contributed by atoms with Crippen LogP contribution in [0.15, 0.2) is 18.2 Å². The van der Waals surface area contributed by atoms with E-state index in [2.05, 4.69) is 10.2 Å². The monoisotopic (exact) mass is 280 g/mol. The SMILES string of the molecule is Oc1c(Cl)cccc1[C@@H](CC1CC1)N1CCNCC1. The van der Waals surface area contributed by atoms with Crippen LogP contribution in [-0.4, -0.2) is 36.2 Å². The van der Waals surface area contributed by atoms with Crippen molar-refractivity contribution in [2.24, 2.45) is 5.92 Å². The molecule has 0 aromatic heterocycles. The third-order valence-electron chi connectivity index (χ3n) is 4.22. The van der Waals surface area contributed by atoms with Gasteiger partial charge >= 0.3 is 0 Å². The number of para-hydroxylation sites is 1. The van der Waals surface area contributed by atoms with Gasteiger partial charge in [-0.15, -0.1) is 0 Å². The minimum absolute atomic E-state index is 0.272. The molecular formula is C15H21ClN2O. The number of hydrogen-bond donors (Lipinski definition) is 2. The van der Waals surface area contributed by atoms with Gasteiger partial charge in [-0.3, -0.25) is 4.90 Å². The number of phenols is 1. The fourth-order valence-electron chi connectivity index (χ4n) is 2.94. The molecule has 1 aromatic rings. The van der Waals surface area contributed by atoms with Crippen molar-refractivity contribution < 1.29 is 5.11 Å². The fraction of sp³-hybridized carbons (Fsp3) is 0.600. The van der Waals surface area contributed by atoms with Gasteiger partial charge in [0.05, 0.1) is 5.02 Å². The summed E-state index contributed by atoms with van der Waals surface area (Å²) >= 11 is 6.07. The van der Waals surface area contributed by atoms with E-state index >= 15 is 0 Å².